The number of ether oxygens (including phenoxy) is 2. The third kappa shape index (κ3) is 4.40. The zero-order chi connectivity index (χ0) is 20.1. The van der Waals surface area contributed by atoms with Crippen molar-refractivity contribution in [3.63, 3.8) is 0 Å². The molecule has 0 saturated carbocycles. The van der Waals surface area contributed by atoms with Crippen molar-refractivity contribution in [2.75, 3.05) is 38.3 Å². The maximum atomic E-state index is 12.8. The van der Waals surface area contributed by atoms with E-state index in [1.165, 1.54) is 11.0 Å². The van der Waals surface area contributed by atoms with Crippen LogP contribution in [-0.4, -0.2) is 56.0 Å². The standard InChI is InChI=1S/C20H21N3O5/c1-27-16-6-3-5-15(11-16)23-9-8-22(12-19(23)25)20(26)14-4-2-7-17(10-14)28-13-18(21)24/h2-7,10-11H,8-9,12-13H2,1H3,(H2,21,24). The molecule has 3 rings (SSSR count). The molecule has 0 atom stereocenters. The van der Waals surface area contributed by atoms with Gasteiger partial charge in [0.15, 0.2) is 6.61 Å². The molecule has 3 amide bonds. The van der Waals surface area contributed by atoms with Gasteiger partial charge in [-0.15, -0.1) is 0 Å². The minimum atomic E-state index is -0.601. The molecule has 0 radical (unpaired) electrons. The normalized spacial score (nSPS) is 14.0. The summed E-state index contributed by atoms with van der Waals surface area (Å²) in [5, 5.41) is 0. The lowest BCUT2D eigenvalue weighted by atomic mass is 10.1. The third-order valence-electron chi connectivity index (χ3n) is 4.33. The number of amides is 3. The minimum absolute atomic E-state index is 0.0254. The van der Waals surface area contributed by atoms with Gasteiger partial charge < -0.3 is 25.0 Å². The number of nitrogens with zero attached hydrogens (tertiary/aromatic N) is 2. The predicted octanol–water partition coefficient (Wildman–Crippen LogP) is 1.05. The van der Waals surface area contributed by atoms with E-state index in [-0.39, 0.29) is 25.0 Å². The number of carbonyl (C=O) groups is 3. The Morgan fingerprint density at radius 3 is 2.54 bits per heavy atom. The van der Waals surface area contributed by atoms with Gasteiger partial charge in [0.25, 0.3) is 11.8 Å². The number of rotatable bonds is 6. The number of hydrogen-bond acceptors (Lipinski definition) is 5. The highest BCUT2D eigenvalue weighted by molar-refractivity contribution is 6.01. The molecule has 1 fully saturated rings. The molecule has 2 aromatic rings. The summed E-state index contributed by atoms with van der Waals surface area (Å²) in [5.41, 5.74) is 6.17. The molecular formula is C20H21N3O5. The average Bonchev–Trinajstić information content (AvgIpc) is 2.72. The first kappa shape index (κ1) is 19.2. The van der Waals surface area contributed by atoms with Crippen molar-refractivity contribution in [2.45, 2.75) is 0 Å². The van der Waals surface area contributed by atoms with Crippen LogP contribution in [0.25, 0.3) is 0 Å². The number of methoxy groups -OCH3 is 1. The van der Waals surface area contributed by atoms with E-state index in [0.29, 0.717) is 30.2 Å². The average molecular weight is 383 g/mol. The lowest BCUT2D eigenvalue weighted by Crippen LogP contribution is -2.52. The van der Waals surface area contributed by atoms with Gasteiger partial charge in [0, 0.05) is 30.4 Å². The Labute approximate surface area is 162 Å². The van der Waals surface area contributed by atoms with E-state index in [1.54, 1.807) is 42.3 Å². The molecule has 0 bridgehead atoms. The molecule has 146 valence electrons. The van der Waals surface area contributed by atoms with E-state index < -0.39 is 5.91 Å². The number of carbonyl (C=O) groups excluding carboxylic acids is 3. The topological polar surface area (TPSA) is 102 Å². The summed E-state index contributed by atoms with van der Waals surface area (Å²) in [4.78, 5) is 39.3. The molecule has 8 heteroatoms. The van der Waals surface area contributed by atoms with Gasteiger partial charge in [-0.1, -0.05) is 12.1 Å². The van der Waals surface area contributed by atoms with Gasteiger partial charge in [-0.05, 0) is 30.3 Å². The van der Waals surface area contributed by atoms with Crippen molar-refractivity contribution in [2.24, 2.45) is 5.73 Å². The maximum Gasteiger partial charge on any atom is 0.255 e. The summed E-state index contributed by atoms with van der Waals surface area (Å²) in [5.74, 6) is -0.0179. The largest absolute Gasteiger partial charge is 0.497 e. The predicted molar refractivity (Wildman–Crippen MR) is 102 cm³/mol. The van der Waals surface area contributed by atoms with Crippen molar-refractivity contribution >= 4 is 23.4 Å². The number of hydrogen-bond donors (Lipinski definition) is 1. The highest BCUT2D eigenvalue weighted by atomic mass is 16.5. The van der Waals surface area contributed by atoms with Crippen LogP contribution in [0.1, 0.15) is 10.4 Å². The number of benzene rings is 2. The Balaban J connectivity index is 1.68. The van der Waals surface area contributed by atoms with Crippen molar-refractivity contribution in [3.05, 3.63) is 54.1 Å². The van der Waals surface area contributed by atoms with Gasteiger partial charge in [-0.25, -0.2) is 0 Å². The Morgan fingerprint density at radius 1 is 1.07 bits per heavy atom. The van der Waals surface area contributed by atoms with Gasteiger partial charge in [0.05, 0.1) is 7.11 Å². The van der Waals surface area contributed by atoms with Crippen LogP contribution < -0.4 is 20.1 Å². The lowest BCUT2D eigenvalue weighted by Gasteiger charge is -2.34. The van der Waals surface area contributed by atoms with Crippen molar-refractivity contribution in [1.29, 1.82) is 0 Å². The fourth-order valence-electron chi connectivity index (χ4n) is 2.95. The molecule has 0 aromatic heterocycles. The van der Waals surface area contributed by atoms with Crippen LogP contribution in [0, 0.1) is 0 Å². The second-order valence-corrected chi connectivity index (χ2v) is 6.26. The van der Waals surface area contributed by atoms with E-state index in [4.69, 9.17) is 15.2 Å². The molecule has 1 aliphatic heterocycles. The van der Waals surface area contributed by atoms with Crippen molar-refractivity contribution in [1.82, 2.24) is 4.90 Å². The maximum absolute atomic E-state index is 12.8. The first-order valence-electron chi connectivity index (χ1n) is 8.73. The summed E-state index contributed by atoms with van der Waals surface area (Å²) in [7, 11) is 1.57. The molecule has 28 heavy (non-hydrogen) atoms. The molecule has 8 nitrogen and oxygen atoms in total. The van der Waals surface area contributed by atoms with Crippen LogP contribution in [-0.2, 0) is 9.59 Å². The SMILES string of the molecule is COc1cccc(N2CCN(C(=O)c3cccc(OCC(N)=O)c3)CC2=O)c1. The Kier molecular flexibility index (Phi) is 5.78. The van der Waals surface area contributed by atoms with Gasteiger partial charge in [0.2, 0.25) is 5.91 Å². The minimum Gasteiger partial charge on any atom is -0.497 e. The molecule has 0 aliphatic carbocycles. The highest BCUT2D eigenvalue weighted by Gasteiger charge is 2.29. The summed E-state index contributed by atoms with van der Waals surface area (Å²) < 4.78 is 10.4. The zero-order valence-electron chi connectivity index (χ0n) is 15.5. The number of primary amides is 1. The van der Waals surface area contributed by atoms with Gasteiger partial charge in [-0.2, -0.15) is 0 Å². The second-order valence-electron chi connectivity index (χ2n) is 6.26. The summed E-state index contributed by atoms with van der Waals surface area (Å²) in [6, 6.07) is 13.7. The van der Waals surface area contributed by atoms with Crippen molar-refractivity contribution < 1.29 is 23.9 Å². The molecule has 1 saturated heterocycles. The van der Waals surface area contributed by atoms with E-state index >= 15 is 0 Å². The van der Waals surface area contributed by atoms with Crippen LogP contribution in [0.3, 0.4) is 0 Å². The van der Waals surface area contributed by atoms with Crippen LogP contribution in [0.4, 0.5) is 5.69 Å². The van der Waals surface area contributed by atoms with E-state index in [2.05, 4.69) is 0 Å². The highest BCUT2D eigenvalue weighted by Crippen LogP contribution is 2.23. The van der Waals surface area contributed by atoms with Crippen LogP contribution in [0.5, 0.6) is 11.5 Å². The van der Waals surface area contributed by atoms with E-state index in [1.807, 2.05) is 12.1 Å². The molecule has 1 heterocycles. The number of anilines is 1. The molecule has 1 aliphatic rings. The van der Waals surface area contributed by atoms with Gasteiger partial charge in [0.1, 0.15) is 18.0 Å². The first-order valence-corrected chi connectivity index (χ1v) is 8.73. The lowest BCUT2D eigenvalue weighted by molar-refractivity contribution is -0.121. The number of nitrogens with two attached hydrogens (primary N) is 1. The molecule has 2 N–H and O–H groups in total. The second kappa shape index (κ2) is 8.43. The smallest absolute Gasteiger partial charge is 0.255 e. The monoisotopic (exact) mass is 383 g/mol. The molecular weight excluding hydrogens is 362 g/mol. The first-order chi connectivity index (χ1) is 13.5. The van der Waals surface area contributed by atoms with Crippen LogP contribution in [0.2, 0.25) is 0 Å². The summed E-state index contributed by atoms with van der Waals surface area (Å²) in [6.45, 7) is 0.488. The molecule has 0 unspecified atom stereocenters. The van der Waals surface area contributed by atoms with E-state index in [0.717, 1.165) is 5.69 Å². The van der Waals surface area contributed by atoms with Crippen LogP contribution in [0.15, 0.2) is 48.5 Å². The van der Waals surface area contributed by atoms with Crippen molar-refractivity contribution in [3.8, 4) is 11.5 Å². The number of piperazine rings is 1. The fourth-order valence-corrected chi connectivity index (χ4v) is 2.95. The Bertz CT molecular complexity index is 899. The summed E-state index contributed by atoms with van der Waals surface area (Å²) in [6.07, 6.45) is 0. The van der Waals surface area contributed by atoms with Crippen LogP contribution >= 0.6 is 0 Å². The fraction of sp³-hybridized carbons (Fsp3) is 0.250. The molecule has 0 spiro atoms. The third-order valence-corrected chi connectivity index (χ3v) is 4.33. The van der Waals surface area contributed by atoms with Gasteiger partial charge >= 0.3 is 0 Å². The zero-order valence-corrected chi connectivity index (χ0v) is 15.5. The Morgan fingerprint density at radius 2 is 1.82 bits per heavy atom. The van der Waals surface area contributed by atoms with Gasteiger partial charge in [-0.3, -0.25) is 14.4 Å². The summed E-state index contributed by atoms with van der Waals surface area (Å²) >= 11 is 0. The quantitative estimate of drug-likeness (QED) is 0.803. The molecule has 2 aromatic carbocycles. The Hall–Kier alpha value is -3.55. The van der Waals surface area contributed by atoms with E-state index in [9.17, 15) is 14.4 Å².